The van der Waals surface area contributed by atoms with E-state index in [-0.39, 0.29) is 157 Å². The van der Waals surface area contributed by atoms with Gasteiger partial charge in [-0.05, 0) is 24.7 Å². The maximum atomic E-state index is 12.1. The molecule has 4 unspecified atom stereocenters. The molecule has 0 saturated heterocycles. The van der Waals surface area contributed by atoms with Crippen molar-refractivity contribution < 1.29 is 197 Å². The minimum Gasteiger partial charge on any atom is -0.747 e. The molecule has 43 heavy (non-hydrogen) atoms. The Morgan fingerprint density at radius 3 is 1.44 bits per heavy atom. The second-order valence-electron chi connectivity index (χ2n) is 9.23. The Morgan fingerprint density at radius 2 is 1.16 bits per heavy atom. The summed E-state index contributed by atoms with van der Waals surface area (Å²) in [7, 11) is -9.96. The Bertz CT molecular complexity index is 1010. The van der Waals surface area contributed by atoms with E-state index in [1.54, 1.807) is 0 Å². The van der Waals surface area contributed by atoms with Crippen LogP contribution < -0.4 is 143 Å². The van der Waals surface area contributed by atoms with Crippen molar-refractivity contribution in [3.8, 4) is 0 Å². The van der Waals surface area contributed by atoms with Crippen LogP contribution in [0.4, 0.5) is 0 Å². The van der Waals surface area contributed by atoms with E-state index in [1.165, 1.54) is 0 Å². The Balaban J connectivity index is -0.000000273. The van der Waals surface area contributed by atoms with Gasteiger partial charge >= 0.3 is 144 Å². The number of rotatable bonds is 20. The fourth-order valence-corrected chi connectivity index (χ4v) is 4.51. The molecule has 0 saturated carbocycles. The summed E-state index contributed by atoms with van der Waals surface area (Å²) in [6.45, 7) is 8.26. The largest absolute Gasteiger partial charge is 1.00 e. The first-order valence-corrected chi connectivity index (χ1v) is 16.1. The third-order valence-electron chi connectivity index (χ3n) is 5.97. The predicted molar refractivity (Wildman–Crippen MR) is 137 cm³/mol. The van der Waals surface area contributed by atoms with E-state index < -0.39 is 67.5 Å². The van der Waals surface area contributed by atoms with Crippen LogP contribution in [0.3, 0.4) is 0 Å². The molecule has 0 spiro atoms. The second-order valence-corrected chi connectivity index (χ2v) is 12.4. The second kappa shape index (κ2) is 30.1. The number of hydrogen-bond donors (Lipinski definition) is 1. The number of carboxylic acids is 2. The number of carbonyl (C=O) groups excluding carboxylic acids is 4. The third kappa shape index (κ3) is 28.7. The van der Waals surface area contributed by atoms with E-state index >= 15 is 0 Å². The summed E-state index contributed by atoms with van der Waals surface area (Å²) in [4.78, 5) is 43.9. The van der Waals surface area contributed by atoms with Crippen molar-refractivity contribution >= 4 is 44.1 Å². The molecule has 0 fully saturated rings. The van der Waals surface area contributed by atoms with Crippen LogP contribution in [0.25, 0.3) is 0 Å². The van der Waals surface area contributed by atoms with Crippen LogP contribution in [0.1, 0.15) is 91.9 Å². The molecule has 0 aromatic heterocycles. The fraction of sp³-hybridized carbons (Fsp3) is 0.833. The predicted octanol–water partition coefficient (Wildman–Crippen LogP) is -9.05. The van der Waals surface area contributed by atoms with Gasteiger partial charge in [0, 0.05) is 12.4 Å². The van der Waals surface area contributed by atoms with Gasteiger partial charge in [0.15, 0.2) is 5.25 Å². The van der Waals surface area contributed by atoms with Gasteiger partial charge in [0.1, 0.15) is 15.4 Å². The Hall–Kier alpha value is 1.97. The van der Waals surface area contributed by atoms with Gasteiger partial charge in [0.25, 0.3) is 10.1 Å². The zero-order valence-corrected chi connectivity index (χ0v) is 36.2. The van der Waals surface area contributed by atoms with Crippen molar-refractivity contribution in [2.75, 3.05) is 13.2 Å². The van der Waals surface area contributed by atoms with Crippen LogP contribution >= 0.6 is 0 Å². The number of esters is 2. The number of carbonyl (C=O) groups is 4. The first kappa shape index (κ1) is 54.4. The molecular weight excluding hydrogens is 678 g/mol. The molecule has 0 amide bonds. The molecule has 4 atom stereocenters. The number of carboxylic acid groups (broad SMARTS) is 2. The zero-order chi connectivity index (χ0) is 31.5. The summed E-state index contributed by atoms with van der Waals surface area (Å²) in [5.41, 5.74) is 0. The third-order valence-corrected chi connectivity index (χ3v) is 8.10. The van der Waals surface area contributed by atoms with Gasteiger partial charge in [-0.25, -0.2) is 8.42 Å². The molecule has 1 N–H and O–H groups in total. The van der Waals surface area contributed by atoms with Crippen LogP contribution in [-0.2, 0) is 48.9 Å². The summed E-state index contributed by atoms with van der Waals surface area (Å²) in [6.07, 6.45) is 5.25. The van der Waals surface area contributed by atoms with Crippen LogP contribution in [0, 0.1) is 11.8 Å². The Kier molecular flexibility index (Phi) is 38.0. The summed E-state index contributed by atoms with van der Waals surface area (Å²) in [5, 5.41) is 15.2. The molecule has 0 aliphatic rings. The molecule has 0 aromatic carbocycles. The average Bonchev–Trinajstić information content (AvgIpc) is 2.84. The van der Waals surface area contributed by atoms with Gasteiger partial charge in [0.05, 0.1) is 25.6 Å². The van der Waals surface area contributed by atoms with Gasteiger partial charge in [-0.3, -0.25) is 14.1 Å². The number of unbranched alkanes of at least 4 members (excludes halogenated alkanes) is 2. The van der Waals surface area contributed by atoms with Gasteiger partial charge in [-0.2, -0.15) is 8.42 Å². The maximum absolute atomic E-state index is 12.1. The summed E-state index contributed by atoms with van der Waals surface area (Å²) in [5.74, 6) is -5.82. The minimum atomic E-state index is -5.01. The van der Waals surface area contributed by atoms with Crippen LogP contribution in [-0.4, -0.2) is 73.5 Å². The van der Waals surface area contributed by atoms with Crippen LogP contribution in [0.5, 0.6) is 0 Å². The van der Waals surface area contributed by atoms with E-state index in [4.69, 9.17) is 14.0 Å². The molecule has 0 aliphatic heterocycles. The molecule has 0 aliphatic carbocycles. The summed E-state index contributed by atoms with van der Waals surface area (Å²) in [6, 6.07) is 0. The van der Waals surface area contributed by atoms with Gasteiger partial charge in [0.2, 0.25) is 0 Å². The molecular formula is C24H41K2NaO14S2. The molecule has 0 rings (SSSR count). The summed E-state index contributed by atoms with van der Waals surface area (Å²) < 4.78 is 73.0. The smallest absolute Gasteiger partial charge is 0.747 e. The van der Waals surface area contributed by atoms with E-state index in [9.17, 15) is 50.8 Å². The van der Waals surface area contributed by atoms with E-state index in [0.717, 1.165) is 51.4 Å². The van der Waals surface area contributed by atoms with Gasteiger partial charge in [-0.1, -0.05) is 66.2 Å². The zero-order valence-electron chi connectivity index (χ0n) is 26.4. The minimum absolute atomic E-state index is 0. The molecule has 0 heterocycles. The quantitative estimate of drug-likeness (QED) is 0.0698. The van der Waals surface area contributed by atoms with Crippen LogP contribution in [0.2, 0.25) is 0 Å². The average molecular weight is 719 g/mol. The van der Waals surface area contributed by atoms with Crippen molar-refractivity contribution in [1.29, 1.82) is 0 Å². The SMILES string of the molecule is CCCCC(CC)COC(=O)CC(C(=O)OCC(CC)CCCC)S(=O)(=O)[O-].O=C([O-])CC(C(=O)[O-])S(=O)(=O)O.[K+].[K+].[Na+]. The fourth-order valence-electron chi connectivity index (χ4n) is 3.28. The molecule has 0 bridgehead atoms. The van der Waals surface area contributed by atoms with Gasteiger partial charge < -0.3 is 33.8 Å². The van der Waals surface area contributed by atoms with Crippen molar-refractivity contribution in [3.05, 3.63) is 0 Å². The first-order chi connectivity index (χ1) is 18.4. The molecule has 14 nitrogen and oxygen atoms in total. The number of ether oxygens (including phenoxy) is 2. The van der Waals surface area contributed by atoms with Crippen molar-refractivity contribution in [3.63, 3.8) is 0 Å². The molecule has 0 radical (unpaired) electrons. The van der Waals surface area contributed by atoms with Crippen molar-refractivity contribution in [2.45, 2.75) is 102 Å². The van der Waals surface area contributed by atoms with Crippen LogP contribution in [0.15, 0.2) is 0 Å². The van der Waals surface area contributed by atoms with E-state index in [1.807, 2.05) is 13.8 Å². The van der Waals surface area contributed by atoms with E-state index in [0.29, 0.717) is 0 Å². The Morgan fingerprint density at radius 1 is 0.744 bits per heavy atom. The molecule has 236 valence electrons. The Labute approximate surface area is 362 Å². The standard InChI is InChI=1S/C20H38O7S.C4H6O7S.2K.Na/c1-5-9-11-16(7-3)14-26-19(21)13-18(28(23,24)25)20(22)27-15-17(8-4)12-10-6-2;5-3(6)1-2(4(7)8)12(9,10)11;;;/h16-18H,5-15H2,1-4H3,(H,23,24,25);2H,1H2,(H,5,6)(H,7,8)(H,9,10,11);;;/q;;3*+1/p-3. The maximum Gasteiger partial charge on any atom is 1.00 e. The monoisotopic (exact) mass is 718 g/mol. The summed E-state index contributed by atoms with van der Waals surface area (Å²) >= 11 is 0. The normalized spacial score (nSPS) is 13.5. The molecule has 19 heteroatoms. The number of hydrogen-bond acceptors (Lipinski definition) is 13. The first-order valence-electron chi connectivity index (χ1n) is 13.1. The topological polar surface area (TPSA) is 244 Å². The molecule has 0 aromatic rings. The number of aliphatic carboxylic acids is 2. The van der Waals surface area contributed by atoms with Crippen molar-refractivity contribution in [2.24, 2.45) is 11.8 Å². The van der Waals surface area contributed by atoms with Gasteiger partial charge in [-0.15, -0.1) is 0 Å². The van der Waals surface area contributed by atoms with Crippen molar-refractivity contribution in [1.82, 2.24) is 0 Å². The van der Waals surface area contributed by atoms with E-state index in [2.05, 4.69) is 13.8 Å².